The zero-order chi connectivity index (χ0) is 10.4. The van der Waals surface area contributed by atoms with Crippen LogP contribution in [-0.4, -0.2) is 19.0 Å². The van der Waals surface area contributed by atoms with E-state index in [1.54, 1.807) is 11.8 Å². The van der Waals surface area contributed by atoms with Crippen LogP contribution in [-0.2, 0) is 0 Å². The fourth-order valence-corrected chi connectivity index (χ4v) is 1.73. The van der Waals surface area contributed by atoms with Crippen molar-refractivity contribution in [2.24, 2.45) is 0 Å². The number of rotatable bonds is 4. The fraction of sp³-hybridized carbons (Fsp3) is 0.167. The van der Waals surface area contributed by atoms with E-state index in [1.165, 1.54) is 11.3 Å². The molecule has 1 aromatic carbocycles. The Labute approximate surface area is 90.1 Å². The summed E-state index contributed by atoms with van der Waals surface area (Å²) >= 11 is 1.60. The van der Waals surface area contributed by atoms with Crippen molar-refractivity contribution in [2.75, 3.05) is 14.1 Å². The smallest absolute Gasteiger partial charge is 0.0502 e. The quantitative estimate of drug-likeness (QED) is 0.741. The zero-order valence-electron chi connectivity index (χ0n) is 8.60. The summed E-state index contributed by atoms with van der Waals surface area (Å²) in [5.41, 5.74) is 2.43. The Kier molecular flexibility index (Phi) is 4.33. The van der Waals surface area contributed by atoms with Crippen LogP contribution in [0.2, 0.25) is 0 Å². The van der Waals surface area contributed by atoms with Gasteiger partial charge < -0.3 is 4.90 Å². The van der Waals surface area contributed by atoms with Crippen LogP contribution in [0.3, 0.4) is 0 Å². The molecule has 74 valence electrons. The van der Waals surface area contributed by atoms with Crippen LogP contribution < -0.4 is 0 Å². The van der Waals surface area contributed by atoms with Gasteiger partial charge in [0.25, 0.3) is 0 Å². The van der Waals surface area contributed by atoms with Gasteiger partial charge in [-0.3, -0.25) is 0 Å². The van der Waals surface area contributed by atoms with Crippen LogP contribution in [0.4, 0.5) is 0 Å². The van der Waals surface area contributed by atoms with Crippen molar-refractivity contribution < 1.29 is 0 Å². The van der Waals surface area contributed by atoms with E-state index >= 15 is 0 Å². The minimum atomic E-state index is 1.20. The standard InChI is InChI=1S/C12H15NS/c1-4-14-10-12(13(2)3)11-8-6-5-7-9-11/h4-10H,1H2,2-3H3/b12-10-. The van der Waals surface area contributed by atoms with Crippen LogP contribution in [0.5, 0.6) is 0 Å². The van der Waals surface area contributed by atoms with E-state index in [-0.39, 0.29) is 0 Å². The van der Waals surface area contributed by atoms with Gasteiger partial charge in [-0.2, -0.15) is 0 Å². The third-order valence-electron chi connectivity index (χ3n) is 1.83. The van der Waals surface area contributed by atoms with E-state index in [9.17, 15) is 0 Å². The Morgan fingerprint density at radius 1 is 1.29 bits per heavy atom. The van der Waals surface area contributed by atoms with Crippen molar-refractivity contribution in [1.29, 1.82) is 0 Å². The van der Waals surface area contributed by atoms with Gasteiger partial charge in [0.2, 0.25) is 0 Å². The molecule has 0 saturated carbocycles. The third-order valence-corrected chi connectivity index (χ3v) is 2.38. The molecule has 0 bridgehead atoms. The van der Waals surface area contributed by atoms with Crippen molar-refractivity contribution >= 4 is 17.5 Å². The summed E-state index contributed by atoms with van der Waals surface area (Å²) in [5, 5.41) is 3.93. The third kappa shape index (κ3) is 2.96. The van der Waals surface area contributed by atoms with E-state index in [0.717, 1.165) is 0 Å². The highest BCUT2D eigenvalue weighted by molar-refractivity contribution is 8.05. The summed E-state index contributed by atoms with van der Waals surface area (Å²) in [6.07, 6.45) is 0. The van der Waals surface area contributed by atoms with Gasteiger partial charge in [0.15, 0.2) is 0 Å². The van der Waals surface area contributed by atoms with E-state index < -0.39 is 0 Å². The van der Waals surface area contributed by atoms with Gasteiger partial charge in [0.1, 0.15) is 0 Å². The minimum absolute atomic E-state index is 1.20. The predicted molar refractivity (Wildman–Crippen MR) is 65.9 cm³/mol. The predicted octanol–water partition coefficient (Wildman–Crippen LogP) is 3.42. The minimum Gasteiger partial charge on any atom is -0.377 e. The first-order valence-corrected chi connectivity index (χ1v) is 5.39. The van der Waals surface area contributed by atoms with E-state index in [4.69, 9.17) is 0 Å². The monoisotopic (exact) mass is 205 g/mol. The van der Waals surface area contributed by atoms with Crippen LogP contribution >= 0.6 is 11.8 Å². The summed E-state index contributed by atoms with van der Waals surface area (Å²) in [6.45, 7) is 3.69. The lowest BCUT2D eigenvalue weighted by Crippen LogP contribution is -2.09. The molecule has 0 saturated heterocycles. The Morgan fingerprint density at radius 3 is 2.43 bits per heavy atom. The summed E-state index contributed by atoms with van der Waals surface area (Å²) in [7, 11) is 4.09. The van der Waals surface area contributed by atoms with E-state index in [0.29, 0.717) is 0 Å². The molecule has 0 aliphatic carbocycles. The first-order chi connectivity index (χ1) is 6.75. The molecule has 14 heavy (non-hydrogen) atoms. The summed E-state index contributed by atoms with van der Waals surface area (Å²) in [6, 6.07) is 10.3. The molecule has 0 amide bonds. The zero-order valence-corrected chi connectivity index (χ0v) is 9.42. The van der Waals surface area contributed by atoms with Crippen molar-refractivity contribution in [3.05, 3.63) is 53.3 Å². The van der Waals surface area contributed by atoms with Crippen molar-refractivity contribution in [2.45, 2.75) is 0 Å². The first-order valence-electron chi connectivity index (χ1n) is 4.45. The molecule has 0 radical (unpaired) electrons. The van der Waals surface area contributed by atoms with E-state index in [2.05, 4.69) is 29.0 Å². The topological polar surface area (TPSA) is 3.24 Å². The molecule has 0 N–H and O–H groups in total. The lowest BCUT2D eigenvalue weighted by atomic mass is 10.2. The molecule has 0 spiro atoms. The van der Waals surface area contributed by atoms with Crippen LogP contribution in [0.1, 0.15) is 5.56 Å². The second-order valence-electron chi connectivity index (χ2n) is 3.07. The molecular weight excluding hydrogens is 190 g/mol. The number of hydrogen-bond donors (Lipinski definition) is 0. The SMILES string of the molecule is C=CS/C=C(/c1ccccc1)N(C)C. The molecule has 0 atom stereocenters. The molecule has 0 unspecified atom stereocenters. The molecule has 0 heterocycles. The van der Waals surface area contributed by atoms with Gasteiger partial charge in [-0.1, -0.05) is 36.9 Å². The lowest BCUT2D eigenvalue weighted by Gasteiger charge is -2.16. The van der Waals surface area contributed by atoms with Gasteiger partial charge >= 0.3 is 0 Å². The largest absolute Gasteiger partial charge is 0.377 e. The molecule has 0 fully saturated rings. The highest BCUT2D eigenvalue weighted by Gasteiger charge is 2.01. The van der Waals surface area contributed by atoms with Crippen LogP contribution in [0.25, 0.3) is 5.70 Å². The van der Waals surface area contributed by atoms with Gasteiger partial charge in [0.05, 0.1) is 5.70 Å². The van der Waals surface area contributed by atoms with Gasteiger partial charge in [-0.05, 0) is 16.4 Å². The molecule has 1 rings (SSSR count). The van der Waals surface area contributed by atoms with Crippen LogP contribution in [0.15, 0.2) is 47.7 Å². The Bertz CT molecular complexity index is 314. The Balaban J connectivity index is 2.94. The van der Waals surface area contributed by atoms with Gasteiger partial charge in [-0.15, -0.1) is 11.8 Å². The Hall–Kier alpha value is -1.15. The van der Waals surface area contributed by atoms with Crippen molar-refractivity contribution in [3.8, 4) is 0 Å². The Morgan fingerprint density at radius 2 is 1.93 bits per heavy atom. The number of hydrogen-bond acceptors (Lipinski definition) is 2. The lowest BCUT2D eigenvalue weighted by molar-refractivity contribution is 0.593. The second kappa shape index (κ2) is 5.55. The number of thioether (sulfide) groups is 1. The fourth-order valence-electron chi connectivity index (χ4n) is 1.15. The normalized spacial score (nSPS) is 11.1. The van der Waals surface area contributed by atoms with Gasteiger partial charge in [-0.25, -0.2) is 0 Å². The maximum atomic E-state index is 3.69. The van der Waals surface area contributed by atoms with Crippen molar-refractivity contribution in [3.63, 3.8) is 0 Å². The summed E-state index contributed by atoms with van der Waals surface area (Å²) in [5.74, 6) is 0. The highest BCUT2D eigenvalue weighted by Crippen LogP contribution is 2.20. The molecule has 1 aromatic rings. The number of nitrogens with zero attached hydrogens (tertiary/aromatic N) is 1. The molecule has 0 aromatic heterocycles. The van der Waals surface area contributed by atoms with Gasteiger partial charge in [0, 0.05) is 14.1 Å². The summed E-state index contributed by atoms with van der Waals surface area (Å²) < 4.78 is 0. The first kappa shape index (κ1) is 10.9. The second-order valence-corrected chi connectivity index (χ2v) is 3.91. The maximum absolute atomic E-state index is 3.69. The molecule has 2 heteroatoms. The molecule has 0 aliphatic rings. The molecule has 0 aliphatic heterocycles. The van der Waals surface area contributed by atoms with Crippen LogP contribution in [0, 0.1) is 0 Å². The number of benzene rings is 1. The van der Waals surface area contributed by atoms with Crippen molar-refractivity contribution in [1.82, 2.24) is 4.90 Å². The van der Waals surface area contributed by atoms with E-state index in [1.807, 2.05) is 37.7 Å². The highest BCUT2D eigenvalue weighted by atomic mass is 32.2. The molecular formula is C12H15NS. The molecule has 1 nitrogen and oxygen atoms in total. The average molecular weight is 205 g/mol. The average Bonchev–Trinajstić information content (AvgIpc) is 2.19. The maximum Gasteiger partial charge on any atom is 0.0502 e. The summed E-state index contributed by atoms with van der Waals surface area (Å²) in [4.78, 5) is 2.10.